The van der Waals surface area contributed by atoms with E-state index in [0.29, 0.717) is 11.0 Å². The zero-order chi connectivity index (χ0) is 17.7. The summed E-state index contributed by atoms with van der Waals surface area (Å²) in [7, 11) is 0. The van der Waals surface area contributed by atoms with Crippen molar-refractivity contribution in [1.82, 2.24) is 0 Å². The van der Waals surface area contributed by atoms with Gasteiger partial charge in [0.1, 0.15) is 0 Å². The largest absolute Gasteiger partial charge is 0.472 e. The molecule has 2 aromatic carbocycles. The Kier molecular flexibility index (Phi) is 3.78. The number of carbonyl (C=O) groups is 1. The van der Waals surface area contributed by atoms with Crippen molar-refractivity contribution in [2.45, 2.75) is 22.1 Å². The van der Waals surface area contributed by atoms with Gasteiger partial charge in [0.15, 0.2) is 0 Å². The Morgan fingerprint density at radius 3 is 2.12 bits per heavy atom. The van der Waals surface area contributed by atoms with Gasteiger partial charge in [-0.2, -0.15) is 26.3 Å². The van der Waals surface area contributed by atoms with Crippen molar-refractivity contribution in [3.63, 3.8) is 0 Å². The van der Waals surface area contributed by atoms with Crippen LogP contribution in [0.3, 0.4) is 0 Å². The number of nitrogens with zero attached hydrogens (tertiary/aromatic N) is 1. The number of rotatable bonds is 0. The van der Waals surface area contributed by atoms with Crippen LogP contribution in [0.1, 0.15) is 5.56 Å². The number of alkyl halides is 6. The maximum absolute atomic E-state index is 12.9. The fraction of sp³-hybridized carbons (Fsp3) is 0.133. The molecule has 0 saturated heterocycles. The minimum atomic E-state index is -5.22. The number of anilines is 2. The standard InChI is InChI=1S/C15H7F6NOS/c16-14(17,18)8-5-6-12-10(7-8)22(13(23)15(19,20)21)9-3-1-2-4-11(9)24-12/h1-7H. The molecular weight excluding hydrogens is 356 g/mol. The van der Waals surface area contributed by atoms with Crippen LogP contribution < -0.4 is 4.90 Å². The number of hydrogen-bond acceptors (Lipinski definition) is 2. The van der Waals surface area contributed by atoms with Crippen molar-refractivity contribution in [3.05, 3.63) is 48.0 Å². The summed E-state index contributed by atoms with van der Waals surface area (Å²) in [5.41, 5.74) is -1.66. The maximum Gasteiger partial charge on any atom is 0.472 e. The van der Waals surface area contributed by atoms with Gasteiger partial charge in [0, 0.05) is 9.79 Å². The minimum absolute atomic E-state index is 0.100. The Hall–Kier alpha value is -2.16. The van der Waals surface area contributed by atoms with Crippen LogP contribution in [0.25, 0.3) is 0 Å². The molecule has 3 rings (SSSR count). The molecule has 0 bridgehead atoms. The molecule has 0 spiro atoms. The maximum atomic E-state index is 12.9. The number of amides is 1. The summed E-state index contributed by atoms with van der Waals surface area (Å²) >= 11 is 1.01. The van der Waals surface area contributed by atoms with Gasteiger partial charge in [-0.25, -0.2) is 0 Å². The Morgan fingerprint density at radius 2 is 1.50 bits per heavy atom. The van der Waals surface area contributed by atoms with E-state index >= 15 is 0 Å². The zero-order valence-electron chi connectivity index (χ0n) is 11.6. The number of halogens is 6. The molecule has 0 N–H and O–H groups in total. The van der Waals surface area contributed by atoms with E-state index in [2.05, 4.69) is 0 Å². The SMILES string of the molecule is O=C(N1c2ccccc2Sc2ccc(C(F)(F)F)cc21)C(F)(F)F. The van der Waals surface area contributed by atoms with E-state index in [1.165, 1.54) is 18.2 Å². The van der Waals surface area contributed by atoms with E-state index in [1.54, 1.807) is 6.07 Å². The molecule has 0 unspecified atom stereocenters. The molecule has 1 aliphatic rings. The lowest BCUT2D eigenvalue weighted by atomic mass is 10.1. The number of carbonyl (C=O) groups excluding carboxylic acids is 1. The fourth-order valence-corrected chi connectivity index (χ4v) is 3.32. The molecule has 0 radical (unpaired) electrons. The predicted octanol–water partition coefficient (Wildman–Crippen LogP) is 5.40. The third-order valence-corrected chi connectivity index (χ3v) is 4.43. The second kappa shape index (κ2) is 5.44. The second-order valence-corrected chi connectivity index (χ2v) is 5.97. The van der Waals surface area contributed by atoms with Gasteiger partial charge >= 0.3 is 18.3 Å². The predicted molar refractivity (Wildman–Crippen MR) is 75.2 cm³/mol. The molecule has 0 aromatic heterocycles. The summed E-state index contributed by atoms with van der Waals surface area (Å²) in [5, 5.41) is 0. The molecule has 126 valence electrons. The fourth-order valence-electron chi connectivity index (χ4n) is 2.28. The van der Waals surface area contributed by atoms with Crippen LogP contribution >= 0.6 is 11.8 Å². The van der Waals surface area contributed by atoms with Gasteiger partial charge in [0.2, 0.25) is 0 Å². The second-order valence-electron chi connectivity index (χ2n) is 4.89. The molecule has 24 heavy (non-hydrogen) atoms. The first-order chi connectivity index (χ1) is 11.1. The molecule has 2 aromatic rings. The van der Waals surface area contributed by atoms with Gasteiger partial charge in [0.25, 0.3) is 0 Å². The third kappa shape index (κ3) is 2.83. The highest BCUT2D eigenvalue weighted by Crippen LogP contribution is 2.50. The number of para-hydroxylation sites is 1. The molecule has 0 aliphatic carbocycles. The van der Waals surface area contributed by atoms with E-state index in [1.807, 2.05) is 0 Å². The molecular formula is C15H7F6NOS. The molecule has 1 heterocycles. The molecule has 0 atom stereocenters. The van der Waals surface area contributed by atoms with Crippen molar-refractivity contribution in [2.75, 3.05) is 4.90 Å². The van der Waals surface area contributed by atoms with Gasteiger partial charge < -0.3 is 0 Å². The summed E-state index contributed by atoms with van der Waals surface area (Å²) in [6.45, 7) is 0. The van der Waals surface area contributed by atoms with Gasteiger partial charge in [-0.3, -0.25) is 9.69 Å². The van der Waals surface area contributed by atoms with Crippen LogP contribution in [-0.4, -0.2) is 12.1 Å². The van der Waals surface area contributed by atoms with Crippen molar-refractivity contribution in [2.24, 2.45) is 0 Å². The smallest absolute Gasteiger partial charge is 0.271 e. The first-order valence-electron chi connectivity index (χ1n) is 6.48. The van der Waals surface area contributed by atoms with Crippen LogP contribution in [0.4, 0.5) is 37.7 Å². The molecule has 1 amide bonds. The highest BCUT2D eigenvalue weighted by atomic mass is 32.2. The van der Waals surface area contributed by atoms with Crippen LogP contribution in [-0.2, 0) is 11.0 Å². The van der Waals surface area contributed by atoms with Crippen LogP contribution in [0, 0.1) is 0 Å². The lowest BCUT2D eigenvalue weighted by molar-refractivity contribution is -0.169. The number of benzene rings is 2. The van der Waals surface area contributed by atoms with Gasteiger partial charge in [-0.05, 0) is 30.3 Å². The van der Waals surface area contributed by atoms with E-state index in [-0.39, 0.29) is 15.5 Å². The van der Waals surface area contributed by atoms with E-state index in [9.17, 15) is 31.1 Å². The van der Waals surface area contributed by atoms with Gasteiger partial charge in [0.05, 0.1) is 16.9 Å². The molecule has 0 fully saturated rings. The monoisotopic (exact) mass is 363 g/mol. The van der Waals surface area contributed by atoms with Crippen LogP contribution in [0.5, 0.6) is 0 Å². The minimum Gasteiger partial charge on any atom is -0.271 e. The summed E-state index contributed by atoms with van der Waals surface area (Å²) in [6, 6.07) is 8.13. The van der Waals surface area contributed by atoms with Crippen molar-refractivity contribution >= 4 is 29.0 Å². The normalized spacial score (nSPS) is 14.2. The first kappa shape index (κ1) is 16.7. The average Bonchev–Trinajstić information content (AvgIpc) is 2.49. The van der Waals surface area contributed by atoms with Gasteiger partial charge in [-0.15, -0.1) is 0 Å². The molecule has 1 aliphatic heterocycles. The Bertz CT molecular complexity index is 814. The van der Waals surface area contributed by atoms with E-state index < -0.39 is 29.5 Å². The van der Waals surface area contributed by atoms with Crippen molar-refractivity contribution in [1.29, 1.82) is 0 Å². The molecule has 0 saturated carbocycles. The number of hydrogen-bond donors (Lipinski definition) is 0. The highest BCUT2D eigenvalue weighted by Gasteiger charge is 2.46. The summed E-state index contributed by atoms with van der Waals surface area (Å²) in [4.78, 5) is 12.6. The van der Waals surface area contributed by atoms with Gasteiger partial charge in [-0.1, -0.05) is 23.9 Å². The van der Waals surface area contributed by atoms with Crippen molar-refractivity contribution < 1.29 is 31.1 Å². The van der Waals surface area contributed by atoms with Crippen LogP contribution in [0.2, 0.25) is 0 Å². The quantitative estimate of drug-likeness (QED) is 0.585. The molecule has 2 nitrogen and oxygen atoms in total. The Morgan fingerprint density at radius 1 is 0.875 bits per heavy atom. The third-order valence-electron chi connectivity index (χ3n) is 3.30. The Balaban J connectivity index is 2.22. The lowest BCUT2D eigenvalue weighted by Crippen LogP contribution is -2.39. The average molecular weight is 363 g/mol. The van der Waals surface area contributed by atoms with Crippen molar-refractivity contribution in [3.8, 4) is 0 Å². The summed E-state index contributed by atoms with van der Waals surface area (Å²) < 4.78 is 77.5. The zero-order valence-corrected chi connectivity index (χ0v) is 12.4. The van der Waals surface area contributed by atoms with E-state index in [4.69, 9.17) is 0 Å². The Labute approximate surface area is 136 Å². The molecule has 9 heteroatoms. The lowest BCUT2D eigenvalue weighted by Gasteiger charge is -2.32. The first-order valence-corrected chi connectivity index (χ1v) is 7.30. The van der Waals surface area contributed by atoms with Crippen LogP contribution in [0.15, 0.2) is 52.3 Å². The topological polar surface area (TPSA) is 20.3 Å². The highest BCUT2D eigenvalue weighted by molar-refractivity contribution is 7.99. The van der Waals surface area contributed by atoms with E-state index in [0.717, 1.165) is 23.9 Å². The number of fused-ring (bicyclic) bond motifs is 2. The summed E-state index contributed by atoms with van der Waals surface area (Å²) in [5.74, 6) is -2.24. The summed E-state index contributed by atoms with van der Waals surface area (Å²) in [6.07, 6.45) is -9.95.